The van der Waals surface area contributed by atoms with E-state index in [0.29, 0.717) is 26.3 Å². The van der Waals surface area contributed by atoms with Crippen molar-refractivity contribution >= 4 is 23.1 Å². The zero-order chi connectivity index (χ0) is 15.6. The first-order chi connectivity index (χ1) is 10.6. The van der Waals surface area contributed by atoms with Gasteiger partial charge >= 0.3 is 6.03 Å². The monoisotopic (exact) mass is 318 g/mol. The van der Waals surface area contributed by atoms with Crippen molar-refractivity contribution in [3.05, 3.63) is 46.2 Å². The molecule has 0 N–H and O–H groups in total. The molecular formula is C16H20N3O2S+. The number of aromatic nitrogens is 1. The highest BCUT2D eigenvalue weighted by Gasteiger charge is 2.41. The van der Waals surface area contributed by atoms with Gasteiger partial charge in [-0.25, -0.2) is 9.28 Å². The van der Waals surface area contributed by atoms with E-state index in [1.165, 1.54) is 16.9 Å². The van der Waals surface area contributed by atoms with Crippen LogP contribution in [0.15, 0.2) is 40.8 Å². The van der Waals surface area contributed by atoms with Crippen LogP contribution in [0.4, 0.5) is 10.5 Å². The van der Waals surface area contributed by atoms with Gasteiger partial charge in [-0.1, -0.05) is 17.7 Å². The summed E-state index contributed by atoms with van der Waals surface area (Å²) in [6.07, 6.45) is 1.91. The number of rotatable bonds is 1. The first-order valence-corrected chi connectivity index (χ1v) is 8.21. The number of carbonyl (C=O) groups excluding carboxylic acids is 1. The number of urea groups is 1. The Morgan fingerprint density at radius 2 is 1.95 bits per heavy atom. The first kappa shape index (κ1) is 15.1. The van der Waals surface area contributed by atoms with Crippen molar-refractivity contribution in [1.29, 1.82) is 0 Å². The van der Waals surface area contributed by atoms with Crippen LogP contribution >= 0.6 is 11.3 Å². The molecule has 2 aromatic rings. The minimum Gasteiger partial charge on any atom is -0.370 e. The molecule has 116 valence electrons. The molecule has 1 aromatic heterocycles. The average Bonchev–Trinajstić information content (AvgIpc) is 2.94. The van der Waals surface area contributed by atoms with E-state index in [9.17, 15) is 4.79 Å². The lowest BCUT2D eigenvalue weighted by atomic mass is 10.1. The van der Waals surface area contributed by atoms with Crippen molar-refractivity contribution in [3.63, 3.8) is 0 Å². The fourth-order valence-electron chi connectivity index (χ4n) is 2.66. The van der Waals surface area contributed by atoms with Crippen LogP contribution < -0.4 is 9.28 Å². The summed E-state index contributed by atoms with van der Waals surface area (Å²) < 4.78 is 7.57. The second-order valence-corrected chi connectivity index (χ2v) is 6.43. The summed E-state index contributed by atoms with van der Waals surface area (Å²) in [5, 5.41) is 1.93. The van der Waals surface area contributed by atoms with Crippen molar-refractivity contribution in [1.82, 2.24) is 9.05 Å². The molecule has 1 aliphatic rings. The lowest BCUT2D eigenvalue weighted by Crippen LogP contribution is -2.59. The molecule has 1 aliphatic heterocycles. The van der Waals surface area contributed by atoms with E-state index >= 15 is 0 Å². The molecular weight excluding hydrogens is 298 g/mol. The molecule has 6 heteroatoms. The number of hydrogen-bond acceptors (Lipinski definition) is 3. The smallest absolute Gasteiger partial charge is 0.370 e. The van der Waals surface area contributed by atoms with Crippen LogP contribution in [-0.4, -0.2) is 36.9 Å². The molecule has 22 heavy (non-hydrogen) atoms. The first-order valence-electron chi connectivity index (χ1n) is 7.33. The van der Waals surface area contributed by atoms with Crippen molar-refractivity contribution in [3.8, 4) is 0 Å². The van der Waals surface area contributed by atoms with Gasteiger partial charge in [0.05, 0.1) is 13.2 Å². The third kappa shape index (κ3) is 2.77. The van der Waals surface area contributed by atoms with Crippen LogP contribution in [0.3, 0.4) is 0 Å². The van der Waals surface area contributed by atoms with Gasteiger partial charge in [0.2, 0.25) is 0 Å². The highest BCUT2D eigenvalue weighted by molar-refractivity contribution is 7.07. The summed E-state index contributed by atoms with van der Waals surface area (Å²) in [6, 6.07) is 8.03. The van der Waals surface area contributed by atoms with Crippen molar-refractivity contribution in [2.45, 2.75) is 6.92 Å². The van der Waals surface area contributed by atoms with Gasteiger partial charge in [0.25, 0.3) is 0 Å². The zero-order valence-corrected chi connectivity index (χ0v) is 13.7. The number of thiazole rings is 1. The third-order valence-electron chi connectivity index (χ3n) is 4.08. The Labute approximate surface area is 133 Å². The van der Waals surface area contributed by atoms with Gasteiger partial charge in [0.15, 0.2) is 4.80 Å². The molecule has 0 unspecified atom stereocenters. The minimum atomic E-state index is -0.120. The van der Waals surface area contributed by atoms with Crippen LogP contribution in [0.25, 0.3) is 0 Å². The van der Waals surface area contributed by atoms with Crippen LogP contribution in [-0.2, 0) is 11.8 Å². The highest BCUT2D eigenvalue weighted by atomic mass is 32.1. The molecule has 2 amide bonds. The SMILES string of the molecule is Cc1ccc([N+]2(C(=O)N=c3sccn3C)CCOCC2)cc1. The summed E-state index contributed by atoms with van der Waals surface area (Å²) >= 11 is 1.47. The molecule has 0 saturated carbocycles. The largest absolute Gasteiger partial charge is 0.450 e. The van der Waals surface area contributed by atoms with Crippen molar-refractivity contribution in [2.75, 3.05) is 26.3 Å². The molecule has 0 aliphatic carbocycles. The Morgan fingerprint density at radius 3 is 2.55 bits per heavy atom. The number of aryl methyl sites for hydroxylation is 2. The lowest BCUT2D eigenvalue weighted by molar-refractivity contribution is 0.0573. The fourth-order valence-corrected chi connectivity index (χ4v) is 3.38. The Bertz CT molecular complexity index is 724. The average molecular weight is 318 g/mol. The zero-order valence-electron chi connectivity index (χ0n) is 12.9. The minimum absolute atomic E-state index is 0.120. The van der Waals surface area contributed by atoms with Crippen LogP contribution in [0.5, 0.6) is 0 Å². The van der Waals surface area contributed by atoms with Gasteiger partial charge in [-0.05, 0) is 19.1 Å². The molecule has 0 bridgehead atoms. The van der Waals surface area contributed by atoms with E-state index in [4.69, 9.17) is 4.74 Å². The van der Waals surface area contributed by atoms with E-state index in [1.54, 1.807) is 0 Å². The van der Waals surface area contributed by atoms with Gasteiger partial charge in [0, 0.05) is 18.6 Å². The van der Waals surface area contributed by atoms with Crippen LogP contribution in [0.1, 0.15) is 5.56 Å². The summed E-state index contributed by atoms with van der Waals surface area (Å²) in [6.45, 7) is 4.45. The van der Waals surface area contributed by atoms with Gasteiger partial charge in [-0.2, -0.15) is 0 Å². The fraction of sp³-hybridized carbons (Fsp3) is 0.375. The van der Waals surface area contributed by atoms with Gasteiger partial charge in [-0.15, -0.1) is 16.3 Å². The van der Waals surface area contributed by atoms with E-state index in [-0.39, 0.29) is 10.5 Å². The topological polar surface area (TPSA) is 43.6 Å². The molecule has 1 saturated heterocycles. The molecule has 0 atom stereocenters. The summed E-state index contributed by atoms with van der Waals surface area (Å²) in [4.78, 5) is 18.1. The Hall–Kier alpha value is -1.76. The number of benzene rings is 1. The van der Waals surface area contributed by atoms with Gasteiger partial charge < -0.3 is 9.30 Å². The van der Waals surface area contributed by atoms with E-state index < -0.39 is 0 Å². The summed E-state index contributed by atoms with van der Waals surface area (Å²) in [5.41, 5.74) is 2.17. The van der Waals surface area contributed by atoms with Crippen LogP contribution in [0.2, 0.25) is 0 Å². The van der Waals surface area contributed by atoms with E-state index in [0.717, 1.165) is 10.5 Å². The normalized spacial score (nSPS) is 18.4. The molecule has 1 aromatic carbocycles. The Morgan fingerprint density at radius 1 is 1.27 bits per heavy atom. The van der Waals surface area contributed by atoms with Crippen molar-refractivity contribution in [2.24, 2.45) is 12.0 Å². The highest BCUT2D eigenvalue weighted by Crippen LogP contribution is 2.26. The summed E-state index contributed by atoms with van der Waals surface area (Å²) in [7, 11) is 1.90. The van der Waals surface area contributed by atoms with Crippen molar-refractivity contribution < 1.29 is 9.53 Å². The van der Waals surface area contributed by atoms with E-state index in [1.807, 2.05) is 54.4 Å². The number of carbonyl (C=O) groups is 1. The predicted octanol–water partition coefficient (Wildman–Crippen LogP) is 2.45. The lowest BCUT2D eigenvalue weighted by Gasteiger charge is -2.36. The predicted molar refractivity (Wildman–Crippen MR) is 87.8 cm³/mol. The number of amides is 2. The Kier molecular flexibility index (Phi) is 4.24. The Balaban J connectivity index is 2.04. The maximum Gasteiger partial charge on any atom is 0.450 e. The number of nitrogens with zero attached hydrogens (tertiary/aromatic N) is 3. The second-order valence-electron chi connectivity index (χ2n) is 5.55. The number of ether oxygens (including phenoxy) is 1. The molecule has 1 fully saturated rings. The third-order valence-corrected chi connectivity index (χ3v) is 4.93. The molecule has 2 heterocycles. The standard InChI is InChI=1S/C16H20N3O2S/c1-13-3-5-14(6-4-13)19(8-10-21-11-9-19)16(20)17-15-18(2)7-12-22-15/h3-7,12H,8-11H2,1-2H3/q+1. The maximum atomic E-state index is 13.0. The molecule has 0 radical (unpaired) electrons. The van der Waals surface area contributed by atoms with Gasteiger partial charge in [0.1, 0.15) is 18.8 Å². The number of quaternary nitrogens is 1. The number of hydrogen-bond donors (Lipinski definition) is 0. The summed E-state index contributed by atoms with van der Waals surface area (Å²) in [5.74, 6) is 0. The maximum absolute atomic E-state index is 13.0. The quantitative estimate of drug-likeness (QED) is 0.758. The molecule has 3 rings (SSSR count). The number of morpholine rings is 1. The van der Waals surface area contributed by atoms with Crippen LogP contribution in [0, 0.1) is 6.92 Å². The van der Waals surface area contributed by atoms with Gasteiger partial charge in [-0.3, -0.25) is 0 Å². The molecule has 5 nitrogen and oxygen atoms in total. The second kappa shape index (κ2) is 6.16. The molecule has 0 spiro atoms. The van der Waals surface area contributed by atoms with E-state index in [2.05, 4.69) is 4.99 Å².